The van der Waals surface area contributed by atoms with Crippen LogP contribution in [0.1, 0.15) is 53.2 Å². The van der Waals surface area contributed by atoms with Gasteiger partial charge in [-0.25, -0.2) is 13.6 Å². The van der Waals surface area contributed by atoms with E-state index in [1.807, 2.05) is 20.8 Å². The van der Waals surface area contributed by atoms with Crippen LogP contribution < -0.4 is 0 Å². The average Bonchev–Trinajstić information content (AvgIpc) is 3.08. The van der Waals surface area contributed by atoms with Crippen molar-refractivity contribution in [2.24, 2.45) is 11.8 Å². The first-order valence-electron chi connectivity index (χ1n) is 9.29. The standard InChI is InChI=1S/C20H28F2N2O2/c1-12-13(2)16(12)24(18(25)26-19(3,4)5)11-20(9-14(21)10-20)17-15(22)7-6-8-23-17/h6-8,12-14,16H,9-11H2,1-5H3. The summed E-state index contributed by atoms with van der Waals surface area (Å²) in [6, 6.07) is 2.90. The van der Waals surface area contributed by atoms with E-state index < -0.39 is 29.1 Å². The third-order valence-corrected chi connectivity index (χ3v) is 5.71. The van der Waals surface area contributed by atoms with Crippen LogP contribution in [0.25, 0.3) is 0 Å². The molecule has 2 saturated carbocycles. The molecular formula is C20H28F2N2O2. The lowest BCUT2D eigenvalue weighted by Gasteiger charge is -2.46. The van der Waals surface area contributed by atoms with Gasteiger partial charge in [0.2, 0.25) is 0 Å². The fourth-order valence-corrected chi connectivity index (χ4v) is 4.10. The summed E-state index contributed by atoms with van der Waals surface area (Å²) >= 11 is 0. The van der Waals surface area contributed by atoms with Crippen LogP contribution in [-0.4, -0.2) is 40.3 Å². The molecule has 1 amide bonds. The summed E-state index contributed by atoms with van der Waals surface area (Å²) in [5, 5.41) is 0. The summed E-state index contributed by atoms with van der Waals surface area (Å²) in [5.74, 6) is 0.240. The first-order valence-corrected chi connectivity index (χ1v) is 9.29. The van der Waals surface area contributed by atoms with Crippen LogP contribution in [0.4, 0.5) is 13.6 Å². The van der Waals surface area contributed by atoms with Crippen LogP contribution >= 0.6 is 0 Å². The molecule has 0 radical (unpaired) electrons. The molecule has 4 nitrogen and oxygen atoms in total. The number of hydrogen-bond donors (Lipinski definition) is 0. The summed E-state index contributed by atoms with van der Waals surface area (Å²) in [6.45, 7) is 9.85. The number of rotatable bonds is 4. The Bertz CT molecular complexity index is 675. The molecule has 2 unspecified atom stereocenters. The minimum atomic E-state index is -0.994. The van der Waals surface area contributed by atoms with E-state index in [4.69, 9.17) is 4.74 Å². The number of nitrogens with zero attached hydrogens (tertiary/aromatic N) is 2. The van der Waals surface area contributed by atoms with Gasteiger partial charge in [-0.15, -0.1) is 0 Å². The summed E-state index contributed by atoms with van der Waals surface area (Å²) in [6.07, 6.45) is 0.458. The number of ether oxygens (including phenoxy) is 1. The van der Waals surface area contributed by atoms with Gasteiger partial charge in [0, 0.05) is 24.2 Å². The molecule has 2 aliphatic rings. The van der Waals surface area contributed by atoms with Crippen LogP contribution in [0.5, 0.6) is 0 Å². The normalized spacial score (nSPS) is 33.3. The highest BCUT2D eigenvalue weighted by atomic mass is 19.1. The number of pyridine rings is 1. The Labute approximate surface area is 153 Å². The molecule has 0 N–H and O–H groups in total. The lowest BCUT2D eigenvalue weighted by atomic mass is 9.64. The number of carbonyl (C=O) groups is 1. The quantitative estimate of drug-likeness (QED) is 0.789. The topological polar surface area (TPSA) is 42.4 Å². The molecule has 3 rings (SSSR count). The Hall–Kier alpha value is -1.72. The Morgan fingerprint density at radius 1 is 1.35 bits per heavy atom. The molecule has 2 aliphatic carbocycles. The van der Waals surface area contributed by atoms with Crippen LogP contribution in [-0.2, 0) is 10.2 Å². The maximum atomic E-state index is 14.4. The van der Waals surface area contributed by atoms with Gasteiger partial charge in [-0.05, 0) is 57.6 Å². The third kappa shape index (κ3) is 3.55. The van der Waals surface area contributed by atoms with Gasteiger partial charge >= 0.3 is 6.09 Å². The second kappa shape index (κ2) is 6.46. The lowest BCUT2D eigenvalue weighted by Crippen LogP contribution is -2.54. The van der Waals surface area contributed by atoms with E-state index in [0.29, 0.717) is 11.8 Å². The molecule has 26 heavy (non-hydrogen) atoms. The molecular weight excluding hydrogens is 338 g/mol. The summed E-state index contributed by atoms with van der Waals surface area (Å²) < 4.78 is 33.8. The van der Waals surface area contributed by atoms with Crippen molar-refractivity contribution in [1.82, 2.24) is 9.88 Å². The van der Waals surface area contributed by atoms with E-state index in [0.717, 1.165) is 0 Å². The van der Waals surface area contributed by atoms with E-state index in [1.54, 1.807) is 4.90 Å². The average molecular weight is 366 g/mol. The second-order valence-electron chi connectivity index (χ2n) is 8.94. The molecule has 0 aromatic carbocycles. The molecule has 0 spiro atoms. The largest absolute Gasteiger partial charge is 0.444 e. The van der Waals surface area contributed by atoms with Crippen LogP contribution in [0.2, 0.25) is 0 Å². The van der Waals surface area contributed by atoms with Gasteiger partial charge in [0.1, 0.15) is 17.6 Å². The fraction of sp³-hybridized carbons (Fsp3) is 0.700. The number of aromatic nitrogens is 1. The number of carbonyl (C=O) groups excluding carboxylic acids is 1. The highest BCUT2D eigenvalue weighted by molar-refractivity contribution is 5.69. The summed E-state index contributed by atoms with van der Waals surface area (Å²) in [4.78, 5) is 18.7. The van der Waals surface area contributed by atoms with Crippen molar-refractivity contribution in [2.75, 3.05) is 6.54 Å². The van der Waals surface area contributed by atoms with Gasteiger partial charge in [-0.2, -0.15) is 0 Å². The molecule has 0 bridgehead atoms. The summed E-state index contributed by atoms with van der Waals surface area (Å²) in [7, 11) is 0. The maximum absolute atomic E-state index is 14.4. The molecule has 1 heterocycles. The van der Waals surface area contributed by atoms with Crippen molar-refractivity contribution < 1.29 is 18.3 Å². The van der Waals surface area contributed by atoms with E-state index in [2.05, 4.69) is 18.8 Å². The Morgan fingerprint density at radius 3 is 2.42 bits per heavy atom. The molecule has 2 atom stereocenters. The zero-order valence-corrected chi connectivity index (χ0v) is 16.1. The molecule has 144 valence electrons. The molecule has 0 saturated heterocycles. The van der Waals surface area contributed by atoms with Crippen molar-refractivity contribution in [1.29, 1.82) is 0 Å². The SMILES string of the molecule is CC1C(C)C1N(CC1(c2ncccc2F)CC(F)C1)C(=O)OC(C)(C)C. The Balaban J connectivity index is 1.89. The van der Waals surface area contributed by atoms with Crippen molar-refractivity contribution >= 4 is 6.09 Å². The van der Waals surface area contributed by atoms with E-state index in [1.165, 1.54) is 18.3 Å². The first kappa shape index (κ1) is 19.1. The monoisotopic (exact) mass is 366 g/mol. The summed E-state index contributed by atoms with van der Waals surface area (Å²) in [5.41, 5.74) is -1.16. The predicted molar refractivity (Wildman–Crippen MR) is 95.1 cm³/mol. The highest BCUT2D eigenvalue weighted by Gasteiger charge is 2.56. The zero-order chi connectivity index (χ0) is 19.3. The van der Waals surface area contributed by atoms with Gasteiger partial charge < -0.3 is 9.64 Å². The minimum Gasteiger partial charge on any atom is -0.444 e. The maximum Gasteiger partial charge on any atom is 0.410 e. The lowest BCUT2D eigenvalue weighted by molar-refractivity contribution is -0.0000390. The first-order chi connectivity index (χ1) is 12.0. The van der Waals surface area contributed by atoms with Crippen molar-refractivity contribution in [3.8, 4) is 0 Å². The fourth-order valence-electron chi connectivity index (χ4n) is 4.10. The Morgan fingerprint density at radius 2 is 1.96 bits per heavy atom. The number of halogens is 2. The van der Waals surface area contributed by atoms with Gasteiger partial charge in [-0.3, -0.25) is 4.98 Å². The second-order valence-corrected chi connectivity index (χ2v) is 8.94. The van der Waals surface area contributed by atoms with Crippen molar-refractivity contribution in [3.63, 3.8) is 0 Å². The number of hydrogen-bond acceptors (Lipinski definition) is 3. The third-order valence-electron chi connectivity index (χ3n) is 5.71. The van der Waals surface area contributed by atoms with Crippen LogP contribution in [0, 0.1) is 17.7 Å². The molecule has 6 heteroatoms. The van der Waals surface area contributed by atoms with Crippen molar-refractivity contribution in [3.05, 3.63) is 29.8 Å². The van der Waals surface area contributed by atoms with Crippen LogP contribution in [0.3, 0.4) is 0 Å². The van der Waals surface area contributed by atoms with Gasteiger partial charge in [0.05, 0.1) is 5.69 Å². The zero-order valence-electron chi connectivity index (χ0n) is 16.1. The van der Waals surface area contributed by atoms with E-state index >= 15 is 0 Å². The predicted octanol–water partition coefficient (Wildman–Crippen LogP) is 4.48. The van der Waals surface area contributed by atoms with Crippen molar-refractivity contribution in [2.45, 2.75) is 70.7 Å². The van der Waals surface area contributed by atoms with Gasteiger partial charge in [0.25, 0.3) is 0 Å². The molecule has 2 fully saturated rings. The van der Waals surface area contributed by atoms with E-state index in [-0.39, 0.29) is 31.1 Å². The molecule has 0 aliphatic heterocycles. The molecule has 1 aromatic rings. The van der Waals surface area contributed by atoms with E-state index in [9.17, 15) is 13.6 Å². The molecule has 1 aromatic heterocycles. The smallest absolute Gasteiger partial charge is 0.410 e. The number of amides is 1. The van der Waals surface area contributed by atoms with Gasteiger partial charge in [0.15, 0.2) is 0 Å². The Kier molecular flexibility index (Phi) is 4.74. The highest BCUT2D eigenvalue weighted by Crippen LogP contribution is 2.50. The van der Waals surface area contributed by atoms with Gasteiger partial charge in [-0.1, -0.05) is 13.8 Å². The minimum absolute atomic E-state index is 0.0344. The number of alkyl halides is 1. The van der Waals surface area contributed by atoms with Crippen LogP contribution in [0.15, 0.2) is 18.3 Å².